The molecule has 3 rings (SSSR count). The van der Waals surface area contributed by atoms with Crippen molar-refractivity contribution in [1.82, 2.24) is 9.88 Å². The number of rotatable bonds is 7. The van der Waals surface area contributed by atoms with Gasteiger partial charge in [-0.15, -0.1) is 0 Å². The quantitative estimate of drug-likeness (QED) is 0.581. The monoisotopic (exact) mass is 336 g/mol. The molecule has 0 unspecified atom stereocenters. The van der Waals surface area contributed by atoms with Crippen molar-refractivity contribution in [2.75, 3.05) is 19.6 Å². The highest BCUT2D eigenvalue weighted by atomic mass is 19.1. The predicted octanol–water partition coefficient (Wildman–Crippen LogP) is 5.32. The van der Waals surface area contributed by atoms with Gasteiger partial charge >= 0.3 is 0 Å². The van der Waals surface area contributed by atoms with E-state index in [0.29, 0.717) is 0 Å². The molecular weight excluding hydrogens is 311 g/mol. The molecule has 0 amide bonds. The Morgan fingerprint density at radius 2 is 1.80 bits per heavy atom. The fourth-order valence-electron chi connectivity index (χ4n) is 3.20. The van der Waals surface area contributed by atoms with E-state index in [1.54, 1.807) is 12.1 Å². The van der Waals surface area contributed by atoms with Crippen molar-refractivity contribution in [1.29, 1.82) is 0 Å². The van der Waals surface area contributed by atoms with Gasteiger partial charge in [-0.3, -0.25) is 4.98 Å². The zero-order valence-electron chi connectivity index (χ0n) is 15.0. The molecule has 25 heavy (non-hydrogen) atoms. The van der Waals surface area contributed by atoms with Crippen molar-refractivity contribution in [3.8, 4) is 11.1 Å². The van der Waals surface area contributed by atoms with Crippen LogP contribution in [0.15, 0.2) is 54.7 Å². The standard InChI is InChI=1S/C22H25FN2/c1-3-25(4-2)12-6-7-17-10-11-19-14-20(16-24-22(19)13-17)18-8-5-9-21(23)15-18/h5,8-11,13-16H,3-4,6-7,12H2,1-2H3. The molecule has 0 N–H and O–H groups in total. The van der Waals surface area contributed by atoms with Crippen molar-refractivity contribution < 1.29 is 4.39 Å². The molecule has 3 aromatic rings. The number of hydrogen-bond donors (Lipinski definition) is 0. The summed E-state index contributed by atoms with van der Waals surface area (Å²) in [6, 6.07) is 15.2. The molecule has 130 valence electrons. The van der Waals surface area contributed by atoms with Gasteiger partial charge < -0.3 is 4.90 Å². The summed E-state index contributed by atoms with van der Waals surface area (Å²) in [5, 5.41) is 1.09. The molecule has 2 nitrogen and oxygen atoms in total. The summed E-state index contributed by atoms with van der Waals surface area (Å²) < 4.78 is 13.4. The van der Waals surface area contributed by atoms with Crippen LogP contribution in [0.5, 0.6) is 0 Å². The molecule has 0 radical (unpaired) electrons. The van der Waals surface area contributed by atoms with E-state index >= 15 is 0 Å². The van der Waals surface area contributed by atoms with Gasteiger partial charge in [-0.2, -0.15) is 0 Å². The number of aryl methyl sites for hydroxylation is 1. The van der Waals surface area contributed by atoms with Gasteiger partial charge in [0.25, 0.3) is 0 Å². The molecule has 0 aliphatic rings. The summed E-state index contributed by atoms with van der Waals surface area (Å²) in [5.41, 5.74) is 4.13. The summed E-state index contributed by atoms with van der Waals surface area (Å²) in [6.45, 7) is 7.77. The zero-order valence-corrected chi connectivity index (χ0v) is 15.0. The molecule has 3 heteroatoms. The average Bonchev–Trinajstić information content (AvgIpc) is 2.65. The molecule has 0 spiro atoms. The van der Waals surface area contributed by atoms with Gasteiger partial charge in [0.05, 0.1) is 5.52 Å². The van der Waals surface area contributed by atoms with Crippen molar-refractivity contribution in [2.45, 2.75) is 26.7 Å². The first-order chi connectivity index (χ1) is 12.2. The minimum Gasteiger partial charge on any atom is -0.304 e. The highest BCUT2D eigenvalue weighted by Crippen LogP contribution is 2.24. The van der Waals surface area contributed by atoms with Gasteiger partial charge in [-0.1, -0.05) is 38.1 Å². The third-order valence-electron chi connectivity index (χ3n) is 4.74. The van der Waals surface area contributed by atoms with E-state index in [0.717, 1.165) is 54.5 Å². The minimum atomic E-state index is -0.221. The number of pyridine rings is 1. The molecule has 1 heterocycles. The zero-order chi connectivity index (χ0) is 17.6. The lowest BCUT2D eigenvalue weighted by atomic mass is 10.0. The second kappa shape index (κ2) is 8.21. The molecule has 0 saturated heterocycles. The number of halogens is 1. The minimum absolute atomic E-state index is 0.221. The van der Waals surface area contributed by atoms with E-state index in [1.165, 1.54) is 11.6 Å². The van der Waals surface area contributed by atoms with Gasteiger partial charge in [-0.05, 0) is 67.9 Å². The maximum absolute atomic E-state index is 13.4. The number of aromatic nitrogens is 1. The van der Waals surface area contributed by atoms with E-state index in [4.69, 9.17) is 0 Å². The number of nitrogens with zero attached hydrogens (tertiary/aromatic N) is 2. The summed E-state index contributed by atoms with van der Waals surface area (Å²) in [6.07, 6.45) is 4.06. The number of fused-ring (bicyclic) bond motifs is 1. The maximum atomic E-state index is 13.4. The molecule has 0 fully saturated rings. The van der Waals surface area contributed by atoms with Crippen molar-refractivity contribution in [3.63, 3.8) is 0 Å². The van der Waals surface area contributed by atoms with Crippen LogP contribution in [0.3, 0.4) is 0 Å². The normalized spacial score (nSPS) is 11.4. The van der Waals surface area contributed by atoms with Gasteiger partial charge in [0.15, 0.2) is 0 Å². The first kappa shape index (κ1) is 17.6. The lowest BCUT2D eigenvalue weighted by molar-refractivity contribution is 0.300. The van der Waals surface area contributed by atoms with Gasteiger partial charge in [-0.25, -0.2) is 4.39 Å². The summed E-state index contributed by atoms with van der Waals surface area (Å²) in [7, 11) is 0. The van der Waals surface area contributed by atoms with E-state index in [-0.39, 0.29) is 5.82 Å². The van der Waals surface area contributed by atoms with Gasteiger partial charge in [0, 0.05) is 17.1 Å². The topological polar surface area (TPSA) is 16.1 Å². The Morgan fingerprint density at radius 1 is 0.960 bits per heavy atom. The van der Waals surface area contributed by atoms with E-state index < -0.39 is 0 Å². The second-order valence-corrected chi connectivity index (χ2v) is 6.39. The van der Waals surface area contributed by atoms with E-state index in [9.17, 15) is 4.39 Å². The number of hydrogen-bond acceptors (Lipinski definition) is 2. The van der Waals surface area contributed by atoms with Gasteiger partial charge in [0.1, 0.15) is 5.82 Å². The van der Waals surface area contributed by atoms with Crippen LogP contribution in [0.1, 0.15) is 25.8 Å². The van der Waals surface area contributed by atoms with Crippen molar-refractivity contribution in [3.05, 3.63) is 66.1 Å². The third-order valence-corrected chi connectivity index (χ3v) is 4.74. The van der Waals surface area contributed by atoms with E-state index in [2.05, 4.69) is 48.0 Å². The van der Waals surface area contributed by atoms with Crippen LogP contribution in [-0.4, -0.2) is 29.5 Å². The summed E-state index contributed by atoms with van der Waals surface area (Å²) in [4.78, 5) is 7.04. The Hall–Kier alpha value is -2.26. The average molecular weight is 336 g/mol. The fourth-order valence-corrected chi connectivity index (χ4v) is 3.20. The van der Waals surface area contributed by atoms with Crippen molar-refractivity contribution >= 4 is 10.9 Å². The van der Waals surface area contributed by atoms with Crippen LogP contribution < -0.4 is 0 Å². The first-order valence-corrected chi connectivity index (χ1v) is 9.06. The van der Waals surface area contributed by atoms with Crippen LogP contribution in [0.4, 0.5) is 4.39 Å². The Bertz CT molecular complexity index is 840. The number of benzene rings is 2. The third kappa shape index (κ3) is 4.43. The molecule has 0 saturated carbocycles. The highest BCUT2D eigenvalue weighted by Gasteiger charge is 2.04. The lowest BCUT2D eigenvalue weighted by Gasteiger charge is -2.17. The molecular formula is C22H25FN2. The smallest absolute Gasteiger partial charge is 0.123 e. The van der Waals surface area contributed by atoms with Crippen LogP contribution in [-0.2, 0) is 6.42 Å². The summed E-state index contributed by atoms with van der Waals surface area (Å²) >= 11 is 0. The van der Waals surface area contributed by atoms with Crippen LogP contribution >= 0.6 is 0 Å². The predicted molar refractivity (Wildman–Crippen MR) is 103 cm³/mol. The summed E-state index contributed by atoms with van der Waals surface area (Å²) in [5.74, 6) is -0.221. The van der Waals surface area contributed by atoms with Gasteiger partial charge in [0.2, 0.25) is 0 Å². The first-order valence-electron chi connectivity index (χ1n) is 9.06. The van der Waals surface area contributed by atoms with Crippen LogP contribution in [0, 0.1) is 5.82 Å². The largest absolute Gasteiger partial charge is 0.304 e. The highest BCUT2D eigenvalue weighted by molar-refractivity contribution is 5.84. The Kier molecular flexibility index (Phi) is 5.77. The van der Waals surface area contributed by atoms with E-state index in [1.807, 2.05) is 12.3 Å². The fraction of sp³-hybridized carbons (Fsp3) is 0.318. The lowest BCUT2D eigenvalue weighted by Crippen LogP contribution is -2.24. The molecule has 0 aliphatic heterocycles. The Balaban J connectivity index is 1.75. The molecule has 0 aliphatic carbocycles. The van der Waals surface area contributed by atoms with Crippen molar-refractivity contribution in [2.24, 2.45) is 0 Å². The molecule has 1 aromatic heterocycles. The Labute approximate surface area is 149 Å². The maximum Gasteiger partial charge on any atom is 0.123 e. The van der Waals surface area contributed by atoms with Crippen LogP contribution in [0.25, 0.3) is 22.0 Å². The molecule has 0 bridgehead atoms. The second-order valence-electron chi connectivity index (χ2n) is 6.39. The molecule has 0 atom stereocenters. The molecule has 2 aromatic carbocycles. The SMILES string of the molecule is CCN(CC)CCCc1ccc2cc(-c3cccc(F)c3)cnc2c1. The van der Waals surface area contributed by atoms with Crippen LogP contribution in [0.2, 0.25) is 0 Å². The Morgan fingerprint density at radius 3 is 2.56 bits per heavy atom.